The number of aliphatic imine (C=N–C) groups is 2. The summed E-state index contributed by atoms with van der Waals surface area (Å²) in [5.41, 5.74) is 0.0374. The van der Waals surface area contributed by atoms with E-state index in [0.717, 1.165) is 11.0 Å². The van der Waals surface area contributed by atoms with Gasteiger partial charge in [-0.25, -0.2) is 0 Å². The summed E-state index contributed by atoms with van der Waals surface area (Å²) in [6.45, 7) is 16.3. The molecular weight excluding hydrogens is 341 g/mol. The molecule has 0 spiro atoms. The van der Waals surface area contributed by atoms with Crippen molar-refractivity contribution in [1.82, 2.24) is 5.32 Å². The molecule has 0 fully saturated rings. The zero-order valence-corrected chi connectivity index (χ0v) is 17.5. The number of rotatable bonds is 7. The van der Waals surface area contributed by atoms with E-state index < -0.39 is 16.6 Å². The van der Waals surface area contributed by atoms with Crippen molar-refractivity contribution in [2.75, 3.05) is 6.67 Å². The molecule has 0 aliphatic heterocycles. The van der Waals surface area contributed by atoms with Gasteiger partial charge in [-0.1, -0.05) is 38.4 Å². The van der Waals surface area contributed by atoms with Crippen LogP contribution < -0.4 is 5.32 Å². The highest BCUT2D eigenvalue weighted by Gasteiger charge is 2.35. The fraction of sp³-hybridized carbons (Fsp3) is 0.550. The highest BCUT2D eigenvalue weighted by molar-refractivity contribution is 6.40. The third-order valence-corrected chi connectivity index (χ3v) is 4.42. The number of nitrogens with zero attached hydrogens (tertiary/aromatic N) is 2. The van der Waals surface area contributed by atoms with E-state index in [1.54, 1.807) is 27.5 Å². The smallest absolute Gasteiger partial charge is 0.330 e. The second-order valence-corrected chi connectivity index (χ2v) is 8.51. The summed E-state index contributed by atoms with van der Waals surface area (Å²) in [5.74, 6) is -0.0640. The van der Waals surface area contributed by atoms with Crippen LogP contribution in [-0.4, -0.2) is 48.8 Å². The molecule has 27 heavy (non-hydrogen) atoms. The predicted molar refractivity (Wildman–Crippen MR) is 112 cm³/mol. The van der Waals surface area contributed by atoms with Crippen LogP contribution in [0.5, 0.6) is 0 Å². The maximum absolute atomic E-state index is 11.9. The molecule has 0 atom stereocenters. The molecule has 0 unspecified atom stereocenters. The van der Waals surface area contributed by atoms with Gasteiger partial charge in [-0.15, -0.1) is 0 Å². The number of nitrogens with one attached hydrogen (secondary N) is 1. The van der Waals surface area contributed by atoms with Gasteiger partial charge in [-0.2, -0.15) is 0 Å². The Morgan fingerprint density at radius 3 is 2.41 bits per heavy atom. The minimum Gasteiger partial charge on any atom is -0.427 e. The van der Waals surface area contributed by atoms with Crippen LogP contribution in [-0.2, 0) is 9.45 Å². The standard InChI is InChI=1S/C20H31BN3O3/c1-18(2,3)17(25)24-13-23-16-10-9-15(11-14(16)12-22-8)21-27-20(6,7)19(4,5)26/h9-12,26H,8,13H2,1-7H3,(H,24,25)/b14-12-,23-16-. The summed E-state index contributed by atoms with van der Waals surface area (Å²) >= 11 is 0. The molecule has 7 heteroatoms. The molecule has 147 valence electrons. The molecule has 1 radical (unpaired) electrons. The van der Waals surface area contributed by atoms with Crippen molar-refractivity contribution in [3.05, 3.63) is 35.5 Å². The zero-order valence-electron chi connectivity index (χ0n) is 17.5. The number of carbonyl (C=O) groups excluding carboxylic acids is 1. The third-order valence-electron chi connectivity index (χ3n) is 4.42. The third kappa shape index (κ3) is 6.92. The van der Waals surface area contributed by atoms with Gasteiger partial charge in [0.25, 0.3) is 0 Å². The van der Waals surface area contributed by atoms with Crippen molar-refractivity contribution >= 4 is 25.8 Å². The van der Waals surface area contributed by atoms with E-state index in [2.05, 4.69) is 22.0 Å². The van der Waals surface area contributed by atoms with E-state index in [1.807, 2.05) is 52.8 Å². The lowest BCUT2D eigenvalue weighted by atomic mass is 9.79. The Kier molecular flexibility index (Phi) is 7.52. The molecule has 6 nitrogen and oxygen atoms in total. The number of hydrogen-bond donors (Lipinski definition) is 2. The zero-order chi connectivity index (χ0) is 20.9. The van der Waals surface area contributed by atoms with Crippen LogP contribution in [0, 0.1) is 5.41 Å². The first-order valence-electron chi connectivity index (χ1n) is 8.90. The first kappa shape index (κ1) is 23.1. The molecule has 0 heterocycles. The van der Waals surface area contributed by atoms with Crippen molar-refractivity contribution in [1.29, 1.82) is 0 Å². The normalized spacial score (nSPS) is 18.4. The Bertz CT molecular complexity index is 690. The molecule has 1 aliphatic carbocycles. The minimum atomic E-state index is -0.998. The van der Waals surface area contributed by atoms with Gasteiger partial charge in [0.2, 0.25) is 5.91 Å². The van der Waals surface area contributed by atoms with Crippen LogP contribution in [0.25, 0.3) is 0 Å². The van der Waals surface area contributed by atoms with Crippen LogP contribution in [0.15, 0.2) is 45.5 Å². The second-order valence-electron chi connectivity index (χ2n) is 8.51. The Labute approximate surface area is 163 Å². The number of allylic oxidation sites excluding steroid dienone is 5. The van der Waals surface area contributed by atoms with Crippen molar-refractivity contribution in [3.63, 3.8) is 0 Å². The summed E-state index contributed by atoms with van der Waals surface area (Å²) in [6, 6.07) is 0. The van der Waals surface area contributed by atoms with E-state index in [4.69, 9.17) is 4.65 Å². The number of aliphatic hydroxyl groups is 1. The van der Waals surface area contributed by atoms with Crippen molar-refractivity contribution < 1.29 is 14.6 Å². The van der Waals surface area contributed by atoms with Crippen LogP contribution >= 0.6 is 0 Å². The molecule has 0 aromatic heterocycles. The molecule has 1 amide bonds. The maximum atomic E-state index is 11.9. The second kappa shape index (κ2) is 8.80. The summed E-state index contributed by atoms with van der Waals surface area (Å²) in [6.07, 6.45) is 7.14. The van der Waals surface area contributed by atoms with Gasteiger partial charge in [-0.05, 0) is 40.5 Å². The van der Waals surface area contributed by atoms with Gasteiger partial charge in [0.1, 0.15) is 6.67 Å². The SMILES string of the molecule is C=N/C=C1/C=C([B]OC(C)(C)C(C)(C)O)C=C/C1=N/CNC(=O)C(C)(C)C. The first-order chi connectivity index (χ1) is 12.3. The predicted octanol–water partition coefficient (Wildman–Crippen LogP) is 2.77. The van der Waals surface area contributed by atoms with E-state index >= 15 is 0 Å². The summed E-state index contributed by atoms with van der Waals surface area (Å²) < 4.78 is 5.78. The van der Waals surface area contributed by atoms with Crippen molar-refractivity contribution in [2.45, 2.75) is 59.7 Å². The molecule has 0 bridgehead atoms. The van der Waals surface area contributed by atoms with Crippen LogP contribution in [0.3, 0.4) is 0 Å². The Balaban J connectivity index is 2.83. The summed E-state index contributed by atoms with van der Waals surface area (Å²) in [7, 11) is 1.60. The fourth-order valence-electron chi connectivity index (χ4n) is 1.81. The van der Waals surface area contributed by atoms with E-state index in [0.29, 0.717) is 5.71 Å². The Morgan fingerprint density at radius 2 is 1.89 bits per heavy atom. The quantitative estimate of drug-likeness (QED) is 0.533. The Morgan fingerprint density at radius 1 is 1.26 bits per heavy atom. The lowest BCUT2D eigenvalue weighted by Crippen LogP contribution is -2.48. The largest absolute Gasteiger partial charge is 0.427 e. The van der Waals surface area contributed by atoms with E-state index in [1.165, 1.54) is 0 Å². The van der Waals surface area contributed by atoms with Crippen molar-refractivity contribution in [2.24, 2.45) is 15.4 Å². The molecular formula is C20H31BN3O3. The van der Waals surface area contributed by atoms with E-state index in [9.17, 15) is 9.90 Å². The van der Waals surface area contributed by atoms with Gasteiger partial charge in [0, 0.05) is 17.2 Å². The van der Waals surface area contributed by atoms with E-state index in [-0.39, 0.29) is 12.6 Å². The van der Waals surface area contributed by atoms with Gasteiger partial charge in [0.15, 0.2) is 0 Å². The van der Waals surface area contributed by atoms with Crippen molar-refractivity contribution in [3.8, 4) is 0 Å². The maximum Gasteiger partial charge on any atom is 0.330 e. The lowest BCUT2D eigenvalue weighted by Gasteiger charge is -2.37. The topological polar surface area (TPSA) is 83.3 Å². The average molecular weight is 372 g/mol. The Hall–Kier alpha value is -1.99. The van der Waals surface area contributed by atoms with Gasteiger partial charge >= 0.3 is 7.48 Å². The van der Waals surface area contributed by atoms with Crippen LogP contribution in [0.1, 0.15) is 48.5 Å². The van der Waals surface area contributed by atoms with Gasteiger partial charge < -0.3 is 15.1 Å². The number of carbonyl (C=O) groups is 1. The number of hydrogen-bond acceptors (Lipinski definition) is 5. The average Bonchev–Trinajstić information content (AvgIpc) is 2.52. The van der Waals surface area contributed by atoms with Gasteiger partial charge in [0.05, 0.1) is 16.9 Å². The molecule has 0 aromatic rings. The molecule has 0 saturated heterocycles. The highest BCUT2D eigenvalue weighted by Crippen LogP contribution is 2.25. The molecule has 0 saturated carbocycles. The first-order valence-corrected chi connectivity index (χ1v) is 8.90. The van der Waals surface area contributed by atoms with Crippen LogP contribution in [0.4, 0.5) is 0 Å². The summed E-state index contributed by atoms with van der Waals surface area (Å²) in [5, 5.41) is 13.0. The van der Waals surface area contributed by atoms with Gasteiger partial charge in [-0.3, -0.25) is 14.8 Å². The molecule has 1 aliphatic rings. The fourth-order valence-corrected chi connectivity index (χ4v) is 1.81. The molecule has 0 aromatic carbocycles. The number of amides is 1. The summed E-state index contributed by atoms with van der Waals surface area (Å²) in [4.78, 5) is 20.2. The molecule has 2 N–H and O–H groups in total. The molecule has 1 rings (SSSR count). The highest BCUT2D eigenvalue weighted by atomic mass is 16.5. The minimum absolute atomic E-state index is 0.0640. The lowest BCUT2D eigenvalue weighted by molar-refractivity contribution is -0.128. The monoisotopic (exact) mass is 372 g/mol. The van der Waals surface area contributed by atoms with Crippen LogP contribution in [0.2, 0.25) is 0 Å².